The molecule has 0 spiro atoms. The number of rotatable bonds is 4. The molecule has 0 aromatic heterocycles. The van der Waals surface area contributed by atoms with Crippen molar-refractivity contribution in [3.8, 4) is 0 Å². The zero-order valence-corrected chi connectivity index (χ0v) is 18.1. The number of carbonyl (C=O) groups excluding carboxylic acids is 1. The Morgan fingerprint density at radius 2 is 1.68 bits per heavy atom. The van der Waals surface area contributed by atoms with Crippen molar-refractivity contribution in [3.05, 3.63) is 82.6 Å². The second-order valence-electron chi connectivity index (χ2n) is 8.19. The van der Waals surface area contributed by atoms with Gasteiger partial charge in [0.05, 0.1) is 6.04 Å². The molecule has 1 heterocycles. The van der Waals surface area contributed by atoms with Crippen LogP contribution in [0.5, 0.6) is 0 Å². The zero-order chi connectivity index (χ0) is 20.5. The van der Waals surface area contributed by atoms with Gasteiger partial charge in [-0.05, 0) is 42.6 Å². The molecule has 2 aromatic rings. The van der Waals surface area contributed by atoms with Crippen molar-refractivity contribution < 1.29 is 4.79 Å². The predicted octanol–water partition coefficient (Wildman–Crippen LogP) is 5.39. The molecule has 0 aliphatic carbocycles. The molecule has 0 fully saturated rings. The lowest BCUT2D eigenvalue weighted by molar-refractivity contribution is 0.102. The average Bonchev–Trinajstić information content (AvgIpc) is 2.67. The van der Waals surface area contributed by atoms with Gasteiger partial charge in [0.15, 0.2) is 10.9 Å². The van der Waals surface area contributed by atoms with Crippen LogP contribution in [0.1, 0.15) is 62.1 Å². The van der Waals surface area contributed by atoms with Gasteiger partial charge in [0, 0.05) is 23.4 Å². The maximum absolute atomic E-state index is 13.4. The highest BCUT2D eigenvalue weighted by Crippen LogP contribution is 2.34. The van der Waals surface area contributed by atoms with E-state index < -0.39 is 0 Å². The molecule has 2 aromatic carbocycles. The van der Waals surface area contributed by atoms with Crippen molar-refractivity contribution in [2.75, 3.05) is 6.54 Å². The monoisotopic (exact) mass is 392 g/mol. The van der Waals surface area contributed by atoms with Crippen LogP contribution in [0.15, 0.2) is 65.9 Å². The van der Waals surface area contributed by atoms with Gasteiger partial charge in [-0.15, -0.1) is 0 Å². The van der Waals surface area contributed by atoms with Crippen LogP contribution < -0.4 is 5.32 Å². The van der Waals surface area contributed by atoms with Gasteiger partial charge in [-0.25, -0.2) is 0 Å². The highest BCUT2D eigenvalue weighted by molar-refractivity contribution is 7.80. The third kappa shape index (κ3) is 3.88. The molecule has 28 heavy (non-hydrogen) atoms. The first kappa shape index (κ1) is 20.3. The molecule has 0 saturated carbocycles. The van der Waals surface area contributed by atoms with Gasteiger partial charge in [0.2, 0.25) is 0 Å². The van der Waals surface area contributed by atoms with Crippen molar-refractivity contribution in [1.82, 2.24) is 10.2 Å². The summed E-state index contributed by atoms with van der Waals surface area (Å²) in [6.07, 6.45) is 0. The third-order valence-corrected chi connectivity index (χ3v) is 5.64. The lowest BCUT2D eigenvalue weighted by atomic mass is 9.84. The van der Waals surface area contributed by atoms with E-state index in [2.05, 4.69) is 50.4 Å². The van der Waals surface area contributed by atoms with Gasteiger partial charge >= 0.3 is 0 Å². The van der Waals surface area contributed by atoms with Crippen LogP contribution >= 0.6 is 12.2 Å². The molecule has 1 atom stereocenters. The Hall–Kier alpha value is -2.46. The van der Waals surface area contributed by atoms with E-state index in [1.165, 1.54) is 5.56 Å². The average molecular weight is 393 g/mol. The number of thiocarbonyl (C=S) groups is 1. The Balaban J connectivity index is 2.09. The molecular formula is C24H28N2OS. The summed E-state index contributed by atoms with van der Waals surface area (Å²) >= 11 is 5.59. The summed E-state index contributed by atoms with van der Waals surface area (Å²) in [6, 6.07) is 17.7. The number of hydrogen-bond donors (Lipinski definition) is 1. The Morgan fingerprint density at radius 3 is 2.21 bits per heavy atom. The van der Waals surface area contributed by atoms with Crippen LogP contribution in [0.2, 0.25) is 0 Å². The van der Waals surface area contributed by atoms with E-state index in [-0.39, 0.29) is 17.2 Å². The molecule has 0 radical (unpaired) electrons. The Bertz CT molecular complexity index is 908. The van der Waals surface area contributed by atoms with E-state index in [4.69, 9.17) is 12.2 Å². The molecule has 1 aliphatic rings. The summed E-state index contributed by atoms with van der Waals surface area (Å²) in [5, 5.41) is 4.06. The Labute approximate surface area is 173 Å². The number of hydrogen-bond acceptors (Lipinski definition) is 2. The molecule has 4 heteroatoms. The van der Waals surface area contributed by atoms with Crippen LogP contribution in [0.4, 0.5) is 0 Å². The van der Waals surface area contributed by atoms with Gasteiger partial charge in [-0.2, -0.15) is 0 Å². The van der Waals surface area contributed by atoms with Crippen LogP contribution in [0, 0.1) is 0 Å². The van der Waals surface area contributed by atoms with Crippen LogP contribution in [0.3, 0.4) is 0 Å². The normalized spacial score (nSPS) is 17.5. The van der Waals surface area contributed by atoms with E-state index in [9.17, 15) is 4.79 Å². The third-order valence-electron chi connectivity index (χ3n) is 5.30. The largest absolute Gasteiger partial charge is 0.351 e. The molecule has 1 aliphatic heterocycles. The van der Waals surface area contributed by atoms with Crippen molar-refractivity contribution in [2.45, 2.75) is 46.1 Å². The minimum Gasteiger partial charge on any atom is -0.351 e. The predicted molar refractivity (Wildman–Crippen MR) is 119 cm³/mol. The number of ketones is 1. The number of nitrogens with one attached hydrogen (secondary N) is 1. The van der Waals surface area contributed by atoms with Crippen LogP contribution in [0.25, 0.3) is 0 Å². The number of benzene rings is 2. The standard InChI is InChI=1S/C24H28N2OS/c1-6-26-16(2)20(22(27)18-10-8-7-9-11-18)21(25-23(26)28)17-12-14-19(15-13-17)24(3,4)5/h7-15,21H,6H2,1-5H3,(H,25,28). The zero-order valence-electron chi connectivity index (χ0n) is 17.2. The lowest BCUT2D eigenvalue weighted by Crippen LogP contribution is -2.47. The summed E-state index contributed by atoms with van der Waals surface area (Å²) in [5.74, 6) is 0.0384. The first-order valence-corrected chi connectivity index (χ1v) is 10.1. The van der Waals surface area contributed by atoms with Crippen molar-refractivity contribution in [1.29, 1.82) is 0 Å². The maximum Gasteiger partial charge on any atom is 0.193 e. The maximum atomic E-state index is 13.4. The molecule has 3 rings (SSSR count). The van der Waals surface area contributed by atoms with E-state index in [0.717, 1.165) is 23.4 Å². The summed E-state index contributed by atoms with van der Waals surface area (Å²) < 4.78 is 0. The summed E-state index contributed by atoms with van der Waals surface area (Å²) in [7, 11) is 0. The molecule has 1 unspecified atom stereocenters. The lowest BCUT2D eigenvalue weighted by Gasteiger charge is -2.37. The minimum absolute atomic E-state index is 0.0384. The minimum atomic E-state index is -0.253. The van der Waals surface area contributed by atoms with Gasteiger partial charge in [-0.1, -0.05) is 75.4 Å². The van der Waals surface area contributed by atoms with Crippen LogP contribution in [-0.4, -0.2) is 22.3 Å². The molecular weight excluding hydrogens is 364 g/mol. The first-order valence-electron chi connectivity index (χ1n) is 9.73. The fourth-order valence-electron chi connectivity index (χ4n) is 3.63. The molecule has 0 saturated heterocycles. The SMILES string of the molecule is CCN1C(=S)NC(c2ccc(C(C)(C)C)cc2)C(C(=O)c2ccccc2)=C1C. The topological polar surface area (TPSA) is 32.3 Å². The highest BCUT2D eigenvalue weighted by atomic mass is 32.1. The van der Waals surface area contributed by atoms with Gasteiger partial charge in [-0.3, -0.25) is 4.79 Å². The van der Waals surface area contributed by atoms with E-state index in [0.29, 0.717) is 10.7 Å². The molecule has 0 bridgehead atoms. The summed E-state index contributed by atoms with van der Waals surface area (Å²) in [4.78, 5) is 15.4. The second-order valence-corrected chi connectivity index (χ2v) is 8.58. The molecule has 3 nitrogen and oxygen atoms in total. The highest BCUT2D eigenvalue weighted by Gasteiger charge is 2.33. The van der Waals surface area contributed by atoms with Gasteiger partial charge in [0.1, 0.15) is 0 Å². The van der Waals surface area contributed by atoms with E-state index in [1.54, 1.807) is 0 Å². The van der Waals surface area contributed by atoms with Gasteiger partial charge in [0.25, 0.3) is 0 Å². The number of carbonyl (C=O) groups is 1. The number of nitrogens with zero attached hydrogens (tertiary/aromatic N) is 1. The summed E-state index contributed by atoms with van der Waals surface area (Å²) in [5.41, 5.74) is 4.77. The quantitative estimate of drug-likeness (QED) is 0.558. The fraction of sp³-hybridized carbons (Fsp3) is 0.333. The summed E-state index contributed by atoms with van der Waals surface area (Å²) in [6.45, 7) is 11.3. The first-order chi connectivity index (χ1) is 13.2. The molecule has 146 valence electrons. The van der Waals surface area contributed by atoms with Crippen molar-refractivity contribution in [2.24, 2.45) is 0 Å². The Morgan fingerprint density at radius 1 is 1.07 bits per heavy atom. The van der Waals surface area contributed by atoms with E-state index in [1.807, 2.05) is 49.1 Å². The number of allylic oxidation sites excluding steroid dienone is 1. The van der Waals surface area contributed by atoms with Crippen molar-refractivity contribution in [3.63, 3.8) is 0 Å². The van der Waals surface area contributed by atoms with Crippen LogP contribution in [-0.2, 0) is 5.41 Å². The fourth-order valence-corrected chi connectivity index (χ4v) is 4.01. The van der Waals surface area contributed by atoms with Crippen molar-refractivity contribution >= 4 is 23.1 Å². The number of Topliss-reactive ketones (excluding diaryl/α,β-unsaturated/α-hetero) is 1. The Kier molecular flexibility index (Phi) is 5.71. The molecule has 0 amide bonds. The van der Waals surface area contributed by atoms with Gasteiger partial charge < -0.3 is 10.2 Å². The second kappa shape index (κ2) is 7.88. The molecule has 1 N–H and O–H groups in total. The smallest absolute Gasteiger partial charge is 0.193 e. The van der Waals surface area contributed by atoms with E-state index >= 15 is 0 Å².